The van der Waals surface area contributed by atoms with E-state index in [0.717, 1.165) is 22.9 Å². The highest BCUT2D eigenvalue weighted by molar-refractivity contribution is 8.18. The van der Waals surface area contributed by atoms with Crippen molar-refractivity contribution in [3.8, 4) is 0 Å². The van der Waals surface area contributed by atoms with Crippen LogP contribution in [0.3, 0.4) is 0 Å². The SMILES string of the molecule is Cc1ccc(C(=O)O)c(N=C2NC(=O)/C(=C/C(Cl)=C/c3ccccc3)S2)c1. The molecule has 2 N–H and O–H groups in total. The Balaban J connectivity index is 1.86. The van der Waals surface area contributed by atoms with Gasteiger partial charge in [0.2, 0.25) is 0 Å². The molecule has 3 rings (SSSR count). The van der Waals surface area contributed by atoms with Crippen molar-refractivity contribution in [2.45, 2.75) is 6.92 Å². The molecule has 2 aromatic carbocycles. The van der Waals surface area contributed by atoms with E-state index in [0.29, 0.717) is 15.1 Å². The van der Waals surface area contributed by atoms with Gasteiger partial charge < -0.3 is 10.4 Å². The van der Waals surface area contributed by atoms with Crippen LogP contribution in [0.5, 0.6) is 0 Å². The highest BCUT2D eigenvalue weighted by atomic mass is 35.5. The van der Waals surface area contributed by atoms with Crippen LogP contribution in [0.1, 0.15) is 21.5 Å². The van der Waals surface area contributed by atoms with Crippen molar-refractivity contribution in [3.05, 3.63) is 81.2 Å². The van der Waals surface area contributed by atoms with Crippen LogP contribution in [0.2, 0.25) is 0 Å². The molecule has 2 aromatic rings. The monoisotopic (exact) mass is 398 g/mol. The van der Waals surface area contributed by atoms with Crippen molar-refractivity contribution in [2.75, 3.05) is 0 Å². The molecule has 27 heavy (non-hydrogen) atoms. The molecule has 1 fully saturated rings. The van der Waals surface area contributed by atoms with Crippen LogP contribution in [0.25, 0.3) is 6.08 Å². The predicted octanol–water partition coefficient (Wildman–Crippen LogP) is 4.71. The number of halogens is 1. The zero-order chi connectivity index (χ0) is 19.4. The number of carbonyl (C=O) groups excluding carboxylic acids is 1. The van der Waals surface area contributed by atoms with Gasteiger partial charge in [-0.05, 0) is 54.1 Å². The molecule has 1 aliphatic rings. The molecular weight excluding hydrogens is 384 g/mol. The summed E-state index contributed by atoms with van der Waals surface area (Å²) in [6, 6.07) is 14.4. The van der Waals surface area contributed by atoms with Crippen LogP contribution < -0.4 is 5.32 Å². The number of aliphatic imine (C=N–C) groups is 1. The maximum absolute atomic E-state index is 12.2. The fourth-order valence-corrected chi connectivity index (χ4v) is 3.51. The number of hydrogen-bond acceptors (Lipinski definition) is 4. The first-order chi connectivity index (χ1) is 12.9. The van der Waals surface area contributed by atoms with Crippen LogP contribution >= 0.6 is 23.4 Å². The molecular formula is C20H15ClN2O3S. The molecule has 0 aliphatic carbocycles. The van der Waals surface area contributed by atoms with Crippen LogP contribution in [0.4, 0.5) is 5.69 Å². The van der Waals surface area contributed by atoms with Crippen molar-refractivity contribution in [3.63, 3.8) is 0 Å². The highest BCUT2D eigenvalue weighted by Gasteiger charge is 2.24. The lowest BCUT2D eigenvalue weighted by atomic mass is 10.1. The lowest BCUT2D eigenvalue weighted by Crippen LogP contribution is -2.19. The zero-order valence-electron chi connectivity index (χ0n) is 14.3. The van der Waals surface area contributed by atoms with E-state index in [1.807, 2.05) is 37.3 Å². The van der Waals surface area contributed by atoms with Crippen LogP contribution in [0, 0.1) is 6.92 Å². The maximum atomic E-state index is 12.2. The van der Waals surface area contributed by atoms with Crippen LogP contribution in [0.15, 0.2) is 69.5 Å². The molecule has 1 heterocycles. The minimum atomic E-state index is -1.08. The van der Waals surface area contributed by atoms with Gasteiger partial charge in [-0.2, -0.15) is 0 Å². The second-order valence-electron chi connectivity index (χ2n) is 5.75. The lowest BCUT2D eigenvalue weighted by molar-refractivity contribution is -0.115. The van der Waals surface area contributed by atoms with E-state index in [9.17, 15) is 14.7 Å². The quantitative estimate of drug-likeness (QED) is 0.731. The molecule has 0 saturated carbocycles. The van der Waals surface area contributed by atoms with E-state index in [2.05, 4.69) is 10.3 Å². The first-order valence-corrected chi connectivity index (χ1v) is 9.17. The topological polar surface area (TPSA) is 78.8 Å². The summed E-state index contributed by atoms with van der Waals surface area (Å²) in [6.45, 7) is 1.84. The van der Waals surface area contributed by atoms with Crippen molar-refractivity contribution < 1.29 is 14.7 Å². The predicted molar refractivity (Wildman–Crippen MR) is 109 cm³/mol. The third-order valence-corrected chi connectivity index (χ3v) is 4.76. The number of amides is 1. The van der Waals surface area contributed by atoms with Crippen molar-refractivity contribution >= 4 is 52.2 Å². The van der Waals surface area contributed by atoms with Gasteiger partial charge in [-0.3, -0.25) is 4.79 Å². The van der Waals surface area contributed by atoms with Crippen molar-refractivity contribution in [2.24, 2.45) is 4.99 Å². The fraction of sp³-hybridized carbons (Fsp3) is 0.0500. The molecule has 136 valence electrons. The standard InChI is InChI=1S/C20H15ClN2O3S/c1-12-7-8-15(19(25)26)16(9-12)22-20-23-18(24)17(27-20)11-14(21)10-13-5-3-2-4-6-13/h2-11H,1H3,(H,25,26)(H,22,23,24)/b14-10-,17-11-. The summed E-state index contributed by atoms with van der Waals surface area (Å²) in [7, 11) is 0. The van der Waals surface area contributed by atoms with Crippen LogP contribution in [-0.2, 0) is 4.79 Å². The van der Waals surface area contributed by atoms with E-state index in [-0.39, 0.29) is 17.2 Å². The molecule has 0 unspecified atom stereocenters. The Labute approximate surface area is 165 Å². The lowest BCUT2D eigenvalue weighted by Gasteiger charge is -2.03. The summed E-state index contributed by atoms with van der Waals surface area (Å²) in [5.74, 6) is -1.41. The summed E-state index contributed by atoms with van der Waals surface area (Å²) >= 11 is 7.34. The number of nitrogens with zero attached hydrogens (tertiary/aromatic N) is 1. The normalized spacial score (nSPS) is 17.4. The summed E-state index contributed by atoms with van der Waals surface area (Å²) in [6.07, 6.45) is 3.31. The van der Waals surface area contributed by atoms with Crippen LogP contribution in [-0.4, -0.2) is 22.2 Å². The minimum absolute atomic E-state index is 0.0717. The third-order valence-electron chi connectivity index (χ3n) is 3.63. The largest absolute Gasteiger partial charge is 0.478 e. The van der Waals surface area contributed by atoms with Crippen molar-refractivity contribution in [1.29, 1.82) is 0 Å². The second-order valence-corrected chi connectivity index (χ2v) is 7.21. The number of benzene rings is 2. The Hall–Kier alpha value is -2.83. The molecule has 7 heteroatoms. The molecule has 0 bridgehead atoms. The number of allylic oxidation sites excluding steroid dienone is 2. The number of hydrogen-bond donors (Lipinski definition) is 2. The summed E-state index contributed by atoms with van der Waals surface area (Å²) < 4.78 is 0. The summed E-state index contributed by atoms with van der Waals surface area (Å²) in [4.78, 5) is 28.2. The zero-order valence-corrected chi connectivity index (χ0v) is 15.8. The molecule has 0 spiro atoms. The number of carboxylic acids is 1. The van der Waals surface area contributed by atoms with E-state index in [1.54, 1.807) is 24.3 Å². The van der Waals surface area contributed by atoms with E-state index in [1.165, 1.54) is 6.07 Å². The number of amidine groups is 1. The average molecular weight is 399 g/mol. The van der Waals surface area contributed by atoms with Gasteiger partial charge in [0, 0.05) is 5.03 Å². The first kappa shape index (κ1) is 18.9. The number of aromatic carboxylic acids is 1. The fourth-order valence-electron chi connectivity index (χ4n) is 2.38. The Morgan fingerprint density at radius 3 is 2.67 bits per heavy atom. The minimum Gasteiger partial charge on any atom is -0.478 e. The summed E-state index contributed by atoms with van der Waals surface area (Å²) in [5, 5.41) is 12.6. The molecule has 0 atom stereocenters. The number of aryl methyl sites for hydroxylation is 1. The molecule has 0 aromatic heterocycles. The molecule has 1 aliphatic heterocycles. The molecule has 0 radical (unpaired) electrons. The van der Waals surface area contributed by atoms with Gasteiger partial charge in [0.1, 0.15) is 0 Å². The average Bonchev–Trinajstić information content (AvgIpc) is 2.94. The smallest absolute Gasteiger partial charge is 0.337 e. The Morgan fingerprint density at radius 2 is 1.96 bits per heavy atom. The molecule has 5 nitrogen and oxygen atoms in total. The van der Waals surface area contributed by atoms with Gasteiger partial charge in [0.15, 0.2) is 5.17 Å². The molecule has 1 amide bonds. The van der Waals surface area contributed by atoms with Gasteiger partial charge in [-0.25, -0.2) is 9.79 Å². The van der Waals surface area contributed by atoms with E-state index >= 15 is 0 Å². The van der Waals surface area contributed by atoms with Gasteiger partial charge in [0.05, 0.1) is 16.2 Å². The Bertz CT molecular complexity index is 998. The number of nitrogens with one attached hydrogen (secondary N) is 1. The number of rotatable bonds is 4. The maximum Gasteiger partial charge on any atom is 0.337 e. The summed E-state index contributed by atoms with van der Waals surface area (Å²) in [5.41, 5.74) is 2.15. The third kappa shape index (κ3) is 4.87. The number of carboxylic acid groups (broad SMARTS) is 1. The van der Waals surface area contributed by atoms with Gasteiger partial charge in [0.25, 0.3) is 5.91 Å². The highest BCUT2D eigenvalue weighted by Crippen LogP contribution is 2.30. The number of thioether (sulfide) groups is 1. The van der Waals surface area contributed by atoms with Gasteiger partial charge in [-0.1, -0.05) is 48.0 Å². The molecule has 1 saturated heterocycles. The van der Waals surface area contributed by atoms with E-state index < -0.39 is 5.97 Å². The first-order valence-electron chi connectivity index (χ1n) is 7.98. The van der Waals surface area contributed by atoms with Gasteiger partial charge >= 0.3 is 5.97 Å². The van der Waals surface area contributed by atoms with Crippen molar-refractivity contribution in [1.82, 2.24) is 5.32 Å². The van der Waals surface area contributed by atoms with E-state index in [4.69, 9.17) is 11.6 Å². The Kier molecular flexibility index (Phi) is 5.78. The van der Waals surface area contributed by atoms with Gasteiger partial charge in [-0.15, -0.1) is 0 Å². The Morgan fingerprint density at radius 1 is 1.22 bits per heavy atom. The second kappa shape index (κ2) is 8.24. The number of carbonyl (C=O) groups is 2.